The second kappa shape index (κ2) is 8.58. The average Bonchev–Trinajstić information content (AvgIpc) is 2.68. The summed E-state index contributed by atoms with van der Waals surface area (Å²) in [6.45, 7) is 2.12. The predicted octanol–water partition coefficient (Wildman–Crippen LogP) is 2.83. The topological polar surface area (TPSA) is 67.2 Å². The molecule has 0 bridgehead atoms. The summed E-state index contributed by atoms with van der Waals surface area (Å²) in [4.78, 5) is 22.6. The van der Waals surface area contributed by atoms with Gasteiger partial charge in [0.1, 0.15) is 0 Å². The fourth-order valence-electron chi connectivity index (χ4n) is 0.949. The molecule has 0 saturated heterocycles. The van der Waals surface area contributed by atoms with Crippen LogP contribution >= 0.6 is 46.2 Å². The van der Waals surface area contributed by atoms with Crippen LogP contribution in [0.3, 0.4) is 0 Å². The van der Waals surface area contributed by atoms with Crippen LogP contribution in [0.5, 0.6) is 0 Å². The maximum absolute atomic E-state index is 11.3. The van der Waals surface area contributed by atoms with Crippen LogP contribution in [0.25, 0.3) is 0 Å². The summed E-state index contributed by atoms with van der Waals surface area (Å²) in [5, 5.41) is 8.47. The standard InChI is InChI=1S/C10H11NO3S4/c1-2-14-7(12)6-16-9-8(15-5-3-4-11)17-10(13)18-9/h2-3,5-6H2,1H3. The number of rotatable bonds is 7. The number of hydrogen-bond acceptors (Lipinski definition) is 8. The lowest BCUT2D eigenvalue weighted by molar-refractivity contribution is -0.139. The molecule has 0 aromatic carbocycles. The third-order valence-electron chi connectivity index (χ3n) is 1.59. The Hall–Kier alpha value is -0.490. The molecular formula is C10H11NO3S4. The molecule has 1 rings (SSSR count). The van der Waals surface area contributed by atoms with Crippen molar-refractivity contribution in [3.8, 4) is 6.07 Å². The molecule has 0 atom stereocenters. The molecule has 0 fully saturated rings. The third kappa shape index (κ3) is 5.44. The van der Waals surface area contributed by atoms with Crippen LogP contribution < -0.4 is 4.06 Å². The van der Waals surface area contributed by atoms with Crippen molar-refractivity contribution in [3.63, 3.8) is 0 Å². The maximum atomic E-state index is 11.3. The molecule has 0 aliphatic heterocycles. The Labute approximate surface area is 121 Å². The Morgan fingerprint density at radius 2 is 2.06 bits per heavy atom. The van der Waals surface area contributed by atoms with E-state index in [1.165, 1.54) is 34.9 Å². The summed E-state index contributed by atoms with van der Waals surface area (Å²) in [5.41, 5.74) is 0. The highest BCUT2D eigenvalue weighted by Crippen LogP contribution is 2.36. The lowest BCUT2D eigenvalue weighted by atomic mass is 10.6. The monoisotopic (exact) mass is 321 g/mol. The highest BCUT2D eigenvalue weighted by atomic mass is 32.2. The van der Waals surface area contributed by atoms with Gasteiger partial charge in [0.05, 0.1) is 26.8 Å². The van der Waals surface area contributed by atoms with Gasteiger partial charge >= 0.3 is 5.97 Å². The largest absolute Gasteiger partial charge is 0.465 e. The van der Waals surface area contributed by atoms with Crippen molar-refractivity contribution in [1.82, 2.24) is 0 Å². The van der Waals surface area contributed by atoms with Gasteiger partial charge in [-0.05, 0) is 6.92 Å². The first-order valence-electron chi connectivity index (χ1n) is 5.09. The van der Waals surface area contributed by atoms with Crippen LogP contribution in [-0.2, 0) is 9.53 Å². The van der Waals surface area contributed by atoms with Gasteiger partial charge in [0.25, 0.3) is 4.06 Å². The summed E-state index contributed by atoms with van der Waals surface area (Å²) < 4.78 is 6.59. The van der Waals surface area contributed by atoms with Gasteiger partial charge in [-0.1, -0.05) is 22.7 Å². The van der Waals surface area contributed by atoms with Crippen molar-refractivity contribution in [1.29, 1.82) is 5.26 Å². The summed E-state index contributed by atoms with van der Waals surface area (Å²) >= 11 is 5.14. The lowest BCUT2D eigenvalue weighted by Gasteiger charge is -2.01. The highest BCUT2D eigenvalue weighted by molar-refractivity contribution is 8.05. The molecular weight excluding hydrogens is 310 g/mol. The van der Waals surface area contributed by atoms with Crippen LogP contribution in [0.2, 0.25) is 0 Å². The zero-order chi connectivity index (χ0) is 13.4. The summed E-state index contributed by atoms with van der Waals surface area (Å²) in [6, 6.07) is 2.06. The number of thioether (sulfide) groups is 2. The number of carbonyl (C=O) groups is 1. The van der Waals surface area contributed by atoms with Gasteiger partial charge in [0, 0.05) is 12.2 Å². The van der Waals surface area contributed by atoms with Gasteiger partial charge in [-0.3, -0.25) is 9.59 Å². The van der Waals surface area contributed by atoms with Gasteiger partial charge < -0.3 is 4.74 Å². The predicted molar refractivity (Wildman–Crippen MR) is 76.8 cm³/mol. The fraction of sp³-hybridized carbons (Fsp3) is 0.500. The van der Waals surface area contributed by atoms with Crippen molar-refractivity contribution in [2.45, 2.75) is 21.8 Å². The molecule has 0 aliphatic rings. The Bertz CT molecular complexity index is 488. The molecule has 0 spiro atoms. The number of nitrogens with zero attached hydrogens (tertiary/aromatic N) is 1. The minimum absolute atomic E-state index is 0.0146. The van der Waals surface area contributed by atoms with Gasteiger partial charge in [-0.25, -0.2) is 0 Å². The molecule has 8 heteroatoms. The molecule has 0 radical (unpaired) electrons. The highest BCUT2D eigenvalue weighted by Gasteiger charge is 2.12. The van der Waals surface area contributed by atoms with Gasteiger partial charge in [0.2, 0.25) is 0 Å². The molecule has 1 heterocycles. The molecule has 1 aromatic heterocycles. The van der Waals surface area contributed by atoms with Crippen molar-refractivity contribution in [3.05, 3.63) is 8.85 Å². The quantitative estimate of drug-likeness (QED) is 0.437. The van der Waals surface area contributed by atoms with Crippen LogP contribution in [0.4, 0.5) is 0 Å². The van der Waals surface area contributed by atoms with Crippen molar-refractivity contribution in [2.24, 2.45) is 0 Å². The van der Waals surface area contributed by atoms with Crippen molar-refractivity contribution >= 4 is 52.2 Å². The Kier molecular flexibility index (Phi) is 7.42. The van der Waals surface area contributed by atoms with Crippen LogP contribution in [0, 0.1) is 11.3 Å². The lowest BCUT2D eigenvalue weighted by Crippen LogP contribution is -2.06. The van der Waals surface area contributed by atoms with E-state index in [4.69, 9.17) is 10.00 Å². The average molecular weight is 321 g/mol. The minimum atomic E-state index is -0.277. The van der Waals surface area contributed by atoms with E-state index in [2.05, 4.69) is 6.07 Å². The molecule has 4 nitrogen and oxygen atoms in total. The van der Waals surface area contributed by atoms with Crippen molar-refractivity contribution < 1.29 is 9.53 Å². The molecule has 98 valence electrons. The zero-order valence-electron chi connectivity index (χ0n) is 9.63. The van der Waals surface area contributed by atoms with Gasteiger partial charge in [-0.2, -0.15) is 5.26 Å². The molecule has 0 saturated carbocycles. The minimum Gasteiger partial charge on any atom is -0.465 e. The van der Waals surface area contributed by atoms with Gasteiger partial charge in [-0.15, -0.1) is 23.5 Å². The molecule has 0 amide bonds. The van der Waals surface area contributed by atoms with E-state index < -0.39 is 0 Å². The number of esters is 1. The number of nitriles is 1. The normalized spacial score (nSPS) is 10.0. The molecule has 18 heavy (non-hydrogen) atoms. The van der Waals surface area contributed by atoms with Crippen LogP contribution in [0.1, 0.15) is 13.3 Å². The van der Waals surface area contributed by atoms with Crippen LogP contribution in [-0.4, -0.2) is 24.1 Å². The first-order chi connectivity index (χ1) is 8.67. The SMILES string of the molecule is CCOC(=O)CSc1sc(=O)sc1SCCC#N. The maximum Gasteiger partial charge on any atom is 0.316 e. The van der Waals surface area contributed by atoms with E-state index in [9.17, 15) is 9.59 Å². The van der Waals surface area contributed by atoms with Gasteiger partial charge in [0.15, 0.2) is 0 Å². The summed E-state index contributed by atoms with van der Waals surface area (Å²) in [5.74, 6) is 0.601. The molecule has 0 aliphatic carbocycles. The Morgan fingerprint density at radius 3 is 2.67 bits per heavy atom. The smallest absolute Gasteiger partial charge is 0.316 e. The molecule has 0 N–H and O–H groups in total. The van der Waals surface area contributed by atoms with Crippen molar-refractivity contribution in [2.75, 3.05) is 18.1 Å². The van der Waals surface area contributed by atoms with E-state index in [0.717, 1.165) is 19.8 Å². The zero-order valence-corrected chi connectivity index (χ0v) is 12.9. The van der Waals surface area contributed by atoms with Crippen LogP contribution in [0.15, 0.2) is 13.2 Å². The first kappa shape index (κ1) is 15.6. The number of ether oxygens (including phenoxy) is 1. The molecule has 0 unspecified atom stereocenters. The van der Waals surface area contributed by atoms with E-state index >= 15 is 0 Å². The molecule has 1 aromatic rings. The second-order valence-corrected chi connectivity index (χ2v) is 7.71. The third-order valence-corrected chi connectivity index (χ3v) is 6.65. The van der Waals surface area contributed by atoms with E-state index in [-0.39, 0.29) is 15.8 Å². The number of carbonyl (C=O) groups excluding carboxylic acids is 1. The number of hydrogen-bond donors (Lipinski definition) is 0. The first-order valence-corrected chi connectivity index (χ1v) is 8.70. The Morgan fingerprint density at radius 1 is 1.39 bits per heavy atom. The summed E-state index contributed by atoms with van der Waals surface area (Å²) in [7, 11) is 0. The van der Waals surface area contributed by atoms with E-state index in [1.807, 2.05) is 0 Å². The van der Waals surface area contributed by atoms with E-state index in [0.29, 0.717) is 18.8 Å². The second-order valence-electron chi connectivity index (χ2n) is 2.88. The summed E-state index contributed by atoms with van der Waals surface area (Å²) in [6.07, 6.45) is 0.448. The van der Waals surface area contributed by atoms with E-state index in [1.54, 1.807) is 6.92 Å². The Balaban J connectivity index is 2.56. The fourth-order valence-corrected chi connectivity index (χ4v) is 5.91.